The van der Waals surface area contributed by atoms with Crippen LogP contribution in [-0.2, 0) is 22.6 Å². The van der Waals surface area contributed by atoms with E-state index in [4.69, 9.17) is 9.47 Å². The molecule has 0 spiro atoms. The Bertz CT molecular complexity index is 1150. The summed E-state index contributed by atoms with van der Waals surface area (Å²) in [6.45, 7) is 6.82. The first-order valence-electron chi connectivity index (χ1n) is 11.0. The van der Waals surface area contributed by atoms with E-state index in [2.05, 4.69) is 29.4 Å². The number of esters is 1. The van der Waals surface area contributed by atoms with Crippen molar-refractivity contribution >= 4 is 17.3 Å². The third-order valence-electron chi connectivity index (χ3n) is 5.08. The number of nitriles is 1. The average molecular weight is 464 g/mol. The number of rotatable bonds is 10. The predicted octanol–water partition coefficient (Wildman–Crippen LogP) is 5.35. The molecule has 0 saturated carbocycles. The highest BCUT2D eigenvalue weighted by Gasteiger charge is 2.15. The summed E-state index contributed by atoms with van der Waals surface area (Å²) in [5.41, 5.74) is 4.61. The number of nitrogens with zero attached hydrogens (tertiary/aromatic N) is 2. The third kappa shape index (κ3) is 6.19. The number of hydrogen-bond donors (Lipinski definition) is 1. The zero-order valence-corrected chi connectivity index (χ0v) is 20.3. The summed E-state index contributed by atoms with van der Waals surface area (Å²) in [5, 5.41) is 13.3. The van der Waals surface area contributed by atoms with Gasteiger partial charge in [0.05, 0.1) is 23.0 Å². The second-order valence-electron chi connectivity index (χ2n) is 7.83. The molecule has 2 aromatic carbocycles. The standard InChI is InChI=1S/C26H29N3O3S/c1-5-21-19(16-31-25(30)11-12-28-4)7-6-8-22(21)24-15-29-26(33-24)18-9-10-23(32-17(2)3)20(13-18)14-27/h6-10,13,15,17,28H,5,11-12,16H2,1-4H3. The first kappa shape index (κ1) is 24.4. The van der Waals surface area contributed by atoms with E-state index in [9.17, 15) is 10.1 Å². The van der Waals surface area contributed by atoms with E-state index in [0.29, 0.717) is 24.3 Å². The zero-order valence-electron chi connectivity index (χ0n) is 19.5. The van der Waals surface area contributed by atoms with Gasteiger partial charge >= 0.3 is 5.97 Å². The Balaban J connectivity index is 1.85. The number of carbonyl (C=O) groups is 1. The van der Waals surface area contributed by atoms with Crippen LogP contribution in [0.15, 0.2) is 42.6 Å². The molecule has 1 heterocycles. The van der Waals surface area contributed by atoms with Crippen molar-refractivity contribution in [3.8, 4) is 32.8 Å². The smallest absolute Gasteiger partial charge is 0.307 e. The molecular formula is C26H29N3O3S. The molecule has 0 radical (unpaired) electrons. The molecule has 1 N–H and O–H groups in total. The molecule has 0 aliphatic carbocycles. The van der Waals surface area contributed by atoms with E-state index in [0.717, 1.165) is 38.6 Å². The topological polar surface area (TPSA) is 84.2 Å². The van der Waals surface area contributed by atoms with Crippen molar-refractivity contribution < 1.29 is 14.3 Å². The Hall–Kier alpha value is -3.21. The fourth-order valence-corrected chi connectivity index (χ4v) is 4.48. The van der Waals surface area contributed by atoms with Gasteiger partial charge in [-0.3, -0.25) is 4.79 Å². The monoisotopic (exact) mass is 463 g/mol. The Kier molecular flexibility index (Phi) is 8.58. The number of carbonyl (C=O) groups excluding carboxylic acids is 1. The molecule has 7 heteroatoms. The van der Waals surface area contributed by atoms with Crippen LogP contribution in [0.1, 0.15) is 43.9 Å². The molecule has 0 atom stereocenters. The summed E-state index contributed by atoms with van der Waals surface area (Å²) in [4.78, 5) is 17.6. The molecule has 0 aliphatic heterocycles. The van der Waals surface area contributed by atoms with Gasteiger partial charge in [0, 0.05) is 18.3 Å². The highest BCUT2D eigenvalue weighted by molar-refractivity contribution is 7.18. The Morgan fingerprint density at radius 2 is 2.09 bits per heavy atom. The van der Waals surface area contributed by atoms with Gasteiger partial charge in [-0.1, -0.05) is 25.1 Å². The quantitative estimate of drug-likeness (QED) is 0.408. The van der Waals surface area contributed by atoms with Crippen molar-refractivity contribution in [2.45, 2.75) is 46.3 Å². The van der Waals surface area contributed by atoms with Gasteiger partial charge in [0.1, 0.15) is 23.4 Å². The molecule has 0 bridgehead atoms. The van der Waals surface area contributed by atoms with Crippen molar-refractivity contribution in [3.05, 3.63) is 59.3 Å². The maximum absolute atomic E-state index is 11.9. The van der Waals surface area contributed by atoms with Crippen LogP contribution in [0.4, 0.5) is 0 Å². The van der Waals surface area contributed by atoms with E-state index >= 15 is 0 Å². The lowest BCUT2D eigenvalue weighted by Gasteiger charge is -2.13. The van der Waals surface area contributed by atoms with Gasteiger partial charge in [-0.15, -0.1) is 11.3 Å². The molecular weight excluding hydrogens is 434 g/mol. The van der Waals surface area contributed by atoms with Crippen molar-refractivity contribution in [1.29, 1.82) is 5.26 Å². The number of benzene rings is 2. The fraction of sp³-hybridized carbons (Fsp3) is 0.346. The SMILES string of the molecule is CCc1c(COC(=O)CCNC)cccc1-c1cnc(-c2ccc(OC(C)C)c(C#N)c2)s1. The number of ether oxygens (including phenoxy) is 2. The molecule has 0 amide bonds. The van der Waals surface area contributed by atoms with Crippen molar-refractivity contribution in [2.24, 2.45) is 0 Å². The van der Waals surface area contributed by atoms with Gasteiger partial charge in [0.2, 0.25) is 0 Å². The van der Waals surface area contributed by atoms with Crippen molar-refractivity contribution in [3.63, 3.8) is 0 Å². The minimum absolute atomic E-state index is 0.00302. The summed E-state index contributed by atoms with van der Waals surface area (Å²) in [6.07, 6.45) is 3.02. The van der Waals surface area contributed by atoms with Crippen LogP contribution < -0.4 is 10.1 Å². The van der Waals surface area contributed by atoms with Gasteiger partial charge < -0.3 is 14.8 Å². The van der Waals surface area contributed by atoms with Gasteiger partial charge in [-0.25, -0.2) is 4.98 Å². The van der Waals surface area contributed by atoms with Crippen LogP contribution in [-0.4, -0.2) is 30.6 Å². The lowest BCUT2D eigenvalue weighted by Crippen LogP contribution is -2.15. The molecule has 33 heavy (non-hydrogen) atoms. The zero-order chi connectivity index (χ0) is 23.8. The Morgan fingerprint density at radius 3 is 2.79 bits per heavy atom. The molecule has 3 rings (SSSR count). The van der Waals surface area contributed by atoms with E-state index in [1.807, 2.05) is 57.4 Å². The summed E-state index contributed by atoms with van der Waals surface area (Å²) in [6, 6.07) is 13.9. The van der Waals surface area contributed by atoms with Crippen molar-refractivity contribution in [1.82, 2.24) is 10.3 Å². The maximum Gasteiger partial charge on any atom is 0.307 e. The van der Waals surface area contributed by atoms with E-state index < -0.39 is 0 Å². The van der Waals surface area contributed by atoms with Crippen LogP contribution in [0.2, 0.25) is 0 Å². The van der Waals surface area contributed by atoms with E-state index in [1.54, 1.807) is 11.3 Å². The lowest BCUT2D eigenvalue weighted by atomic mass is 9.98. The lowest BCUT2D eigenvalue weighted by molar-refractivity contribution is -0.144. The number of aromatic nitrogens is 1. The molecule has 0 unspecified atom stereocenters. The van der Waals surface area contributed by atoms with Crippen LogP contribution >= 0.6 is 11.3 Å². The number of nitrogens with one attached hydrogen (secondary N) is 1. The molecule has 0 saturated heterocycles. The van der Waals surface area contributed by atoms with E-state index in [1.165, 1.54) is 0 Å². The van der Waals surface area contributed by atoms with Gasteiger partial charge in [0.15, 0.2) is 0 Å². The average Bonchev–Trinajstić information content (AvgIpc) is 3.31. The Labute approximate surface area is 199 Å². The number of hydrogen-bond acceptors (Lipinski definition) is 7. The van der Waals surface area contributed by atoms with Crippen molar-refractivity contribution in [2.75, 3.05) is 13.6 Å². The predicted molar refractivity (Wildman–Crippen MR) is 131 cm³/mol. The third-order valence-corrected chi connectivity index (χ3v) is 6.15. The Morgan fingerprint density at radius 1 is 1.27 bits per heavy atom. The highest BCUT2D eigenvalue weighted by atomic mass is 32.1. The van der Waals surface area contributed by atoms with Gasteiger partial charge in [-0.2, -0.15) is 5.26 Å². The maximum atomic E-state index is 11.9. The summed E-state index contributed by atoms with van der Waals surface area (Å²) < 4.78 is 11.2. The molecule has 172 valence electrons. The minimum Gasteiger partial charge on any atom is -0.490 e. The molecule has 6 nitrogen and oxygen atoms in total. The second kappa shape index (κ2) is 11.6. The first-order valence-corrected chi connectivity index (χ1v) is 11.9. The van der Waals surface area contributed by atoms with Crippen LogP contribution in [0.3, 0.4) is 0 Å². The largest absolute Gasteiger partial charge is 0.490 e. The number of thiazole rings is 1. The first-order chi connectivity index (χ1) is 16.0. The normalized spacial score (nSPS) is 10.8. The molecule has 3 aromatic rings. The van der Waals surface area contributed by atoms with Crippen LogP contribution in [0.5, 0.6) is 5.75 Å². The summed E-state index contributed by atoms with van der Waals surface area (Å²) in [7, 11) is 1.81. The second-order valence-corrected chi connectivity index (χ2v) is 8.86. The van der Waals surface area contributed by atoms with Crippen LogP contribution in [0.25, 0.3) is 21.0 Å². The summed E-state index contributed by atoms with van der Waals surface area (Å²) in [5.74, 6) is 0.369. The van der Waals surface area contributed by atoms with Gasteiger partial charge in [-0.05, 0) is 62.2 Å². The van der Waals surface area contributed by atoms with Crippen LogP contribution in [0, 0.1) is 11.3 Å². The minimum atomic E-state index is -0.213. The van der Waals surface area contributed by atoms with E-state index in [-0.39, 0.29) is 18.7 Å². The molecule has 1 aromatic heterocycles. The van der Waals surface area contributed by atoms with Gasteiger partial charge in [0.25, 0.3) is 0 Å². The summed E-state index contributed by atoms with van der Waals surface area (Å²) >= 11 is 1.57. The fourth-order valence-electron chi connectivity index (χ4n) is 3.51. The highest BCUT2D eigenvalue weighted by Crippen LogP contribution is 2.36. The molecule has 0 fully saturated rings. The molecule has 0 aliphatic rings.